The van der Waals surface area contributed by atoms with E-state index in [0.717, 1.165) is 17.3 Å². The minimum absolute atomic E-state index is 0.325. The zero-order chi connectivity index (χ0) is 19.2. The van der Waals surface area contributed by atoms with Crippen molar-refractivity contribution < 1.29 is 14.0 Å². The maximum Gasteiger partial charge on any atom is 0.321 e. The van der Waals surface area contributed by atoms with Gasteiger partial charge in [0.2, 0.25) is 16.9 Å². The summed E-state index contributed by atoms with van der Waals surface area (Å²) in [6, 6.07) is 12.2. The Bertz CT molecular complexity index is 910. The van der Waals surface area contributed by atoms with E-state index in [4.69, 9.17) is 10.3 Å². The highest BCUT2D eigenvalue weighted by Crippen LogP contribution is 2.24. The molecule has 2 heterocycles. The van der Waals surface area contributed by atoms with Gasteiger partial charge < -0.3 is 15.6 Å². The van der Waals surface area contributed by atoms with Gasteiger partial charge in [0.25, 0.3) is 0 Å². The summed E-state index contributed by atoms with van der Waals surface area (Å²) in [4.78, 5) is 24.1. The van der Waals surface area contributed by atoms with E-state index in [1.54, 1.807) is 19.1 Å². The molecule has 1 atom stereocenters. The Hall–Kier alpha value is -3.27. The predicted molar refractivity (Wildman–Crippen MR) is 100 cm³/mol. The average molecular weight is 386 g/mol. The fourth-order valence-electron chi connectivity index (χ4n) is 2.18. The lowest BCUT2D eigenvalue weighted by Gasteiger charge is -2.11. The van der Waals surface area contributed by atoms with Crippen LogP contribution >= 0.6 is 11.8 Å². The highest BCUT2D eigenvalue weighted by Gasteiger charge is 2.22. The van der Waals surface area contributed by atoms with Crippen molar-refractivity contribution in [3.63, 3.8) is 0 Å². The number of urea groups is 1. The molecule has 1 unspecified atom stereocenters. The largest absolute Gasteiger partial charge is 0.461 e. The van der Waals surface area contributed by atoms with E-state index in [9.17, 15) is 9.59 Å². The molecular formula is C17H18N6O3S. The zero-order valence-electron chi connectivity index (χ0n) is 14.5. The fraction of sp³-hybridized carbons (Fsp3) is 0.176. The summed E-state index contributed by atoms with van der Waals surface area (Å²) in [5.74, 6) is 6.30. The third kappa shape index (κ3) is 4.67. The van der Waals surface area contributed by atoms with Gasteiger partial charge in [-0.05, 0) is 24.6 Å². The summed E-state index contributed by atoms with van der Waals surface area (Å²) in [5.41, 5.74) is 0.934. The number of nitrogens with one attached hydrogen (secondary N) is 2. The summed E-state index contributed by atoms with van der Waals surface area (Å²) < 4.78 is 6.48. The molecule has 0 spiro atoms. The second-order valence-electron chi connectivity index (χ2n) is 5.57. The lowest BCUT2D eigenvalue weighted by atomic mass is 10.2. The van der Waals surface area contributed by atoms with E-state index in [1.165, 1.54) is 10.9 Å². The Morgan fingerprint density at radius 1 is 1.22 bits per heavy atom. The minimum atomic E-state index is -0.608. The van der Waals surface area contributed by atoms with Gasteiger partial charge in [-0.1, -0.05) is 42.1 Å². The molecule has 10 heteroatoms. The number of hydrogen-bond donors (Lipinski definition) is 3. The van der Waals surface area contributed by atoms with Gasteiger partial charge in [0.15, 0.2) is 5.76 Å². The van der Waals surface area contributed by atoms with Gasteiger partial charge in [-0.3, -0.25) is 10.1 Å². The Morgan fingerprint density at radius 2 is 2.00 bits per heavy atom. The second kappa shape index (κ2) is 8.41. The molecule has 3 rings (SSSR count). The normalized spacial score (nSPS) is 11.7. The molecule has 2 aromatic heterocycles. The van der Waals surface area contributed by atoms with E-state index < -0.39 is 17.2 Å². The smallest absolute Gasteiger partial charge is 0.321 e. The number of benzene rings is 1. The van der Waals surface area contributed by atoms with Gasteiger partial charge in [0.1, 0.15) is 0 Å². The second-order valence-corrected chi connectivity index (χ2v) is 6.88. The van der Waals surface area contributed by atoms with E-state index in [1.807, 2.05) is 30.3 Å². The Morgan fingerprint density at radius 3 is 2.70 bits per heavy atom. The number of nitrogen functional groups attached to an aromatic ring is 1. The van der Waals surface area contributed by atoms with Crippen molar-refractivity contribution in [2.75, 3.05) is 5.84 Å². The van der Waals surface area contributed by atoms with Crippen LogP contribution in [0.3, 0.4) is 0 Å². The molecule has 3 amide bonds. The first-order valence-electron chi connectivity index (χ1n) is 8.08. The third-order valence-electron chi connectivity index (χ3n) is 3.59. The van der Waals surface area contributed by atoms with E-state index in [2.05, 4.69) is 20.8 Å². The average Bonchev–Trinajstić information content (AvgIpc) is 3.31. The number of furan rings is 1. The molecule has 0 saturated heterocycles. The quantitative estimate of drug-likeness (QED) is 0.435. The van der Waals surface area contributed by atoms with Crippen molar-refractivity contribution in [2.24, 2.45) is 0 Å². The Kier molecular flexibility index (Phi) is 5.77. The topological polar surface area (TPSA) is 128 Å². The molecule has 0 radical (unpaired) electrons. The maximum atomic E-state index is 12.2. The summed E-state index contributed by atoms with van der Waals surface area (Å²) in [6.07, 6.45) is 1.50. The van der Waals surface area contributed by atoms with Crippen molar-refractivity contribution in [3.05, 3.63) is 54.3 Å². The molecule has 0 saturated carbocycles. The van der Waals surface area contributed by atoms with Gasteiger partial charge in [-0.15, -0.1) is 10.2 Å². The van der Waals surface area contributed by atoms with Crippen LogP contribution in [-0.2, 0) is 11.3 Å². The zero-order valence-corrected chi connectivity index (χ0v) is 15.3. The number of hydrogen-bond acceptors (Lipinski definition) is 7. The lowest BCUT2D eigenvalue weighted by Crippen LogP contribution is -2.42. The van der Waals surface area contributed by atoms with Crippen molar-refractivity contribution in [1.82, 2.24) is 25.5 Å². The van der Waals surface area contributed by atoms with Crippen LogP contribution in [0.25, 0.3) is 11.6 Å². The van der Waals surface area contributed by atoms with Crippen molar-refractivity contribution >= 4 is 23.7 Å². The molecule has 0 bridgehead atoms. The Labute approximate surface area is 159 Å². The van der Waals surface area contributed by atoms with E-state index >= 15 is 0 Å². The van der Waals surface area contributed by atoms with Crippen LogP contribution in [0, 0.1) is 0 Å². The minimum Gasteiger partial charge on any atom is -0.461 e. The lowest BCUT2D eigenvalue weighted by molar-refractivity contribution is -0.119. The van der Waals surface area contributed by atoms with Crippen LogP contribution in [0.15, 0.2) is 58.3 Å². The van der Waals surface area contributed by atoms with Crippen LogP contribution in [0.2, 0.25) is 0 Å². The summed E-state index contributed by atoms with van der Waals surface area (Å²) in [6.45, 7) is 1.97. The van der Waals surface area contributed by atoms with Crippen LogP contribution < -0.4 is 16.5 Å². The Balaban J connectivity index is 1.52. The summed E-state index contributed by atoms with van der Waals surface area (Å²) in [7, 11) is 0. The van der Waals surface area contributed by atoms with Gasteiger partial charge in [-0.2, -0.15) is 0 Å². The molecule has 1 aromatic carbocycles. The van der Waals surface area contributed by atoms with E-state index in [-0.39, 0.29) is 0 Å². The summed E-state index contributed by atoms with van der Waals surface area (Å²) in [5, 5.41) is 12.6. The standard InChI is InChI=1S/C17H18N6O3S/c1-11(15(24)20-16(25)19-10-12-6-3-2-4-7-12)27-17-22-21-14(23(17)18)13-8-5-9-26-13/h2-9,11H,10,18H2,1H3,(H2,19,20,24,25). The molecular weight excluding hydrogens is 368 g/mol. The monoisotopic (exact) mass is 386 g/mol. The van der Waals surface area contributed by atoms with Crippen LogP contribution in [0.1, 0.15) is 12.5 Å². The predicted octanol–water partition coefficient (Wildman–Crippen LogP) is 1.76. The molecule has 140 valence electrons. The number of aromatic nitrogens is 3. The number of thioether (sulfide) groups is 1. The third-order valence-corrected chi connectivity index (χ3v) is 4.65. The van der Waals surface area contributed by atoms with Gasteiger partial charge in [0, 0.05) is 6.54 Å². The first-order valence-corrected chi connectivity index (χ1v) is 8.96. The van der Waals surface area contributed by atoms with Gasteiger partial charge in [-0.25, -0.2) is 9.47 Å². The number of nitrogens with two attached hydrogens (primary N) is 1. The fourth-order valence-corrected chi connectivity index (χ4v) is 2.95. The first-order chi connectivity index (χ1) is 13.0. The van der Waals surface area contributed by atoms with Gasteiger partial charge in [0.05, 0.1) is 11.5 Å². The van der Waals surface area contributed by atoms with E-state index in [0.29, 0.717) is 23.3 Å². The highest BCUT2D eigenvalue weighted by molar-refractivity contribution is 8.00. The van der Waals surface area contributed by atoms with Crippen LogP contribution in [0.4, 0.5) is 4.79 Å². The highest BCUT2D eigenvalue weighted by atomic mass is 32.2. The molecule has 4 N–H and O–H groups in total. The first kappa shape index (κ1) is 18.5. The molecule has 0 aliphatic rings. The van der Waals surface area contributed by atoms with Crippen LogP contribution in [0.5, 0.6) is 0 Å². The number of nitrogens with zero attached hydrogens (tertiary/aromatic N) is 3. The van der Waals surface area contributed by atoms with Crippen molar-refractivity contribution in [1.29, 1.82) is 0 Å². The number of carbonyl (C=O) groups excluding carboxylic acids is 2. The number of amides is 3. The van der Waals surface area contributed by atoms with Crippen molar-refractivity contribution in [2.45, 2.75) is 23.9 Å². The van der Waals surface area contributed by atoms with Crippen LogP contribution in [-0.4, -0.2) is 32.1 Å². The van der Waals surface area contributed by atoms with Crippen molar-refractivity contribution in [3.8, 4) is 11.6 Å². The SMILES string of the molecule is CC(Sc1nnc(-c2ccco2)n1N)C(=O)NC(=O)NCc1ccccc1. The maximum absolute atomic E-state index is 12.2. The number of carbonyl (C=O) groups is 2. The molecule has 9 nitrogen and oxygen atoms in total. The molecule has 0 aliphatic heterocycles. The molecule has 3 aromatic rings. The molecule has 0 fully saturated rings. The molecule has 27 heavy (non-hydrogen) atoms. The number of imide groups is 1. The van der Waals surface area contributed by atoms with Gasteiger partial charge >= 0.3 is 6.03 Å². The summed E-state index contributed by atoms with van der Waals surface area (Å²) >= 11 is 1.08. The number of rotatable bonds is 6. The molecule has 0 aliphatic carbocycles.